The Morgan fingerprint density at radius 1 is 1.15 bits per heavy atom. The molecule has 136 valence electrons. The van der Waals surface area contributed by atoms with Crippen molar-refractivity contribution in [2.45, 2.75) is 18.9 Å². The van der Waals surface area contributed by atoms with E-state index in [1.54, 1.807) is 15.6 Å². The van der Waals surface area contributed by atoms with E-state index in [4.69, 9.17) is 4.98 Å². The lowest BCUT2D eigenvalue weighted by Crippen LogP contribution is -2.41. The maximum atomic E-state index is 11.7. The van der Waals surface area contributed by atoms with Crippen molar-refractivity contribution in [1.82, 2.24) is 14.3 Å². The Labute approximate surface area is 157 Å². The Hall–Kier alpha value is -2.03. The van der Waals surface area contributed by atoms with Gasteiger partial charge >= 0.3 is 0 Å². The largest absolute Gasteiger partial charge is 0.367 e. The number of piperidine rings is 1. The van der Waals surface area contributed by atoms with Gasteiger partial charge in [0.1, 0.15) is 5.82 Å². The highest BCUT2D eigenvalue weighted by Crippen LogP contribution is 2.27. The molecule has 1 aliphatic rings. The molecule has 0 unspecified atom stereocenters. The van der Waals surface area contributed by atoms with Crippen LogP contribution in [-0.2, 0) is 10.0 Å². The number of hydrogen-bond acceptors (Lipinski definition) is 6. The lowest BCUT2D eigenvalue weighted by molar-refractivity contribution is 0.331. The molecule has 0 saturated carbocycles. The number of nitrogens with zero attached hydrogens (tertiary/aromatic N) is 3. The Kier molecular flexibility index (Phi) is 4.64. The molecule has 0 atom stereocenters. The van der Waals surface area contributed by atoms with Crippen LogP contribution in [0.2, 0.25) is 0 Å². The van der Waals surface area contributed by atoms with E-state index in [2.05, 4.69) is 10.3 Å². The Morgan fingerprint density at radius 3 is 2.62 bits per heavy atom. The highest BCUT2D eigenvalue weighted by molar-refractivity contribution is 7.88. The lowest BCUT2D eigenvalue weighted by Gasteiger charge is -2.31. The van der Waals surface area contributed by atoms with Crippen molar-refractivity contribution >= 4 is 38.1 Å². The van der Waals surface area contributed by atoms with Crippen LogP contribution in [0.4, 0.5) is 5.82 Å². The second-order valence-corrected chi connectivity index (χ2v) is 9.27. The fourth-order valence-electron chi connectivity index (χ4n) is 3.23. The number of rotatable bonds is 4. The predicted octanol–water partition coefficient (Wildman–Crippen LogP) is 3.19. The Bertz CT molecular complexity index is 1010. The summed E-state index contributed by atoms with van der Waals surface area (Å²) in [6, 6.07) is 10.2. The van der Waals surface area contributed by atoms with E-state index in [1.807, 2.05) is 41.1 Å². The van der Waals surface area contributed by atoms with Gasteiger partial charge in [0.25, 0.3) is 0 Å². The molecule has 0 radical (unpaired) electrons. The standard InChI is InChI=1S/C18H20N4O2S2/c1-26(23,24)22-9-6-14(7-10-22)19-18-15-4-2-3-5-16(15)20-17(21-18)13-8-11-25-12-13/h2-5,8,11-12,14H,6-7,9-10H2,1H3,(H,19,20,21). The average molecular weight is 389 g/mol. The maximum absolute atomic E-state index is 11.7. The average Bonchev–Trinajstić information content (AvgIpc) is 3.16. The number of anilines is 1. The first kappa shape index (κ1) is 17.4. The van der Waals surface area contributed by atoms with Crippen LogP contribution < -0.4 is 5.32 Å². The molecular weight excluding hydrogens is 368 g/mol. The van der Waals surface area contributed by atoms with Gasteiger partial charge in [0.2, 0.25) is 10.0 Å². The molecule has 1 aliphatic heterocycles. The summed E-state index contributed by atoms with van der Waals surface area (Å²) in [7, 11) is -3.11. The van der Waals surface area contributed by atoms with Gasteiger partial charge in [-0.1, -0.05) is 12.1 Å². The number of thiophene rings is 1. The van der Waals surface area contributed by atoms with Crippen molar-refractivity contribution in [2.24, 2.45) is 0 Å². The molecule has 0 amide bonds. The number of hydrogen-bond donors (Lipinski definition) is 1. The third kappa shape index (κ3) is 3.58. The van der Waals surface area contributed by atoms with Crippen molar-refractivity contribution < 1.29 is 8.42 Å². The second kappa shape index (κ2) is 6.94. The van der Waals surface area contributed by atoms with Gasteiger partial charge in [0, 0.05) is 35.5 Å². The molecule has 1 N–H and O–H groups in total. The molecule has 1 aromatic carbocycles. The van der Waals surface area contributed by atoms with Crippen LogP contribution in [0.3, 0.4) is 0 Å². The zero-order valence-corrected chi connectivity index (χ0v) is 16.1. The molecule has 1 saturated heterocycles. The number of aromatic nitrogens is 2. The van der Waals surface area contributed by atoms with Gasteiger partial charge < -0.3 is 5.32 Å². The summed E-state index contributed by atoms with van der Waals surface area (Å²) in [4.78, 5) is 9.44. The summed E-state index contributed by atoms with van der Waals surface area (Å²) < 4.78 is 24.9. The lowest BCUT2D eigenvalue weighted by atomic mass is 10.1. The summed E-state index contributed by atoms with van der Waals surface area (Å²) >= 11 is 1.62. The molecule has 2 aromatic heterocycles. The first-order valence-corrected chi connectivity index (χ1v) is 11.3. The zero-order valence-electron chi connectivity index (χ0n) is 14.4. The minimum atomic E-state index is -3.11. The highest BCUT2D eigenvalue weighted by Gasteiger charge is 2.25. The smallest absolute Gasteiger partial charge is 0.211 e. The SMILES string of the molecule is CS(=O)(=O)N1CCC(Nc2nc(-c3ccsc3)nc3ccccc23)CC1. The van der Waals surface area contributed by atoms with E-state index in [-0.39, 0.29) is 6.04 Å². The quantitative estimate of drug-likeness (QED) is 0.743. The topological polar surface area (TPSA) is 75.2 Å². The predicted molar refractivity (Wildman–Crippen MR) is 106 cm³/mol. The molecule has 0 aliphatic carbocycles. The molecular formula is C18H20N4O2S2. The van der Waals surface area contributed by atoms with Gasteiger partial charge in [0.05, 0.1) is 11.8 Å². The van der Waals surface area contributed by atoms with Crippen molar-refractivity contribution in [3.63, 3.8) is 0 Å². The normalized spacial score (nSPS) is 16.8. The van der Waals surface area contributed by atoms with Gasteiger partial charge in [-0.25, -0.2) is 22.7 Å². The van der Waals surface area contributed by atoms with Gasteiger partial charge in [-0.2, -0.15) is 11.3 Å². The Morgan fingerprint density at radius 2 is 1.92 bits per heavy atom. The molecule has 4 rings (SSSR count). The summed E-state index contributed by atoms with van der Waals surface area (Å²) in [6.07, 6.45) is 2.80. The first-order valence-electron chi connectivity index (χ1n) is 8.52. The van der Waals surface area contributed by atoms with Crippen LogP contribution in [0.5, 0.6) is 0 Å². The summed E-state index contributed by atoms with van der Waals surface area (Å²) in [5, 5.41) is 8.57. The van der Waals surface area contributed by atoms with Gasteiger partial charge in [0.15, 0.2) is 5.82 Å². The van der Waals surface area contributed by atoms with E-state index >= 15 is 0 Å². The zero-order chi connectivity index (χ0) is 18.1. The highest BCUT2D eigenvalue weighted by atomic mass is 32.2. The van der Waals surface area contributed by atoms with Crippen molar-refractivity contribution in [3.8, 4) is 11.4 Å². The molecule has 1 fully saturated rings. The van der Waals surface area contributed by atoms with E-state index in [0.717, 1.165) is 35.1 Å². The third-order valence-electron chi connectivity index (χ3n) is 4.65. The fraction of sp³-hybridized carbons (Fsp3) is 0.333. The van der Waals surface area contributed by atoms with Crippen LogP contribution in [0.1, 0.15) is 12.8 Å². The molecule has 8 heteroatoms. The van der Waals surface area contributed by atoms with Gasteiger partial charge in [-0.15, -0.1) is 0 Å². The molecule has 0 bridgehead atoms. The Balaban J connectivity index is 1.62. The van der Waals surface area contributed by atoms with E-state index in [0.29, 0.717) is 18.9 Å². The van der Waals surface area contributed by atoms with E-state index in [9.17, 15) is 8.42 Å². The number of fused-ring (bicyclic) bond motifs is 1. The monoisotopic (exact) mass is 388 g/mol. The van der Waals surface area contributed by atoms with Crippen molar-refractivity contribution in [1.29, 1.82) is 0 Å². The van der Waals surface area contributed by atoms with E-state index < -0.39 is 10.0 Å². The van der Waals surface area contributed by atoms with E-state index in [1.165, 1.54) is 6.26 Å². The third-order valence-corrected chi connectivity index (χ3v) is 6.63. The van der Waals surface area contributed by atoms with Crippen molar-refractivity contribution in [3.05, 3.63) is 41.1 Å². The first-order chi connectivity index (χ1) is 12.5. The van der Waals surface area contributed by atoms with Crippen LogP contribution in [-0.4, -0.2) is 48.1 Å². The molecule has 26 heavy (non-hydrogen) atoms. The van der Waals surface area contributed by atoms with Gasteiger partial charge in [-0.3, -0.25) is 0 Å². The number of nitrogens with one attached hydrogen (secondary N) is 1. The van der Waals surface area contributed by atoms with Crippen LogP contribution in [0.25, 0.3) is 22.3 Å². The number of para-hydroxylation sites is 1. The van der Waals surface area contributed by atoms with Crippen LogP contribution in [0, 0.1) is 0 Å². The van der Waals surface area contributed by atoms with Crippen molar-refractivity contribution in [2.75, 3.05) is 24.7 Å². The second-order valence-electron chi connectivity index (χ2n) is 6.51. The minimum Gasteiger partial charge on any atom is -0.367 e. The maximum Gasteiger partial charge on any atom is 0.211 e. The molecule has 3 heterocycles. The number of benzene rings is 1. The summed E-state index contributed by atoms with van der Waals surface area (Å²) in [6.45, 7) is 1.08. The van der Waals surface area contributed by atoms with Gasteiger partial charge in [-0.05, 0) is 36.4 Å². The molecule has 0 spiro atoms. The summed E-state index contributed by atoms with van der Waals surface area (Å²) in [5.74, 6) is 1.52. The molecule has 3 aromatic rings. The number of sulfonamides is 1. The fourth-order valence-corrected chi connectivity index (χ4v) is 4.74. The minimum absolute atomic E-state index is 0.196. The van der Waals surface area contributed by atoms with Crippen LogP contribution >= 0.6 is 11.3 Å². The van der Waals surface area contributed by atoms with Crippen LogP contribution in [0.15, 0.2) is 41.1 Å². The summed E-state index contributed by atoms with van der Waals surface area (Å²) in [5.41, 5.74) is 1.91. The molecule has 6 nitrogen and oxygen atoms in total.